The Morgan fingerprint density at radius 3 is 2.58 bits per heavy atom. The molecule has 5 rings (SSSR count). The Bertz CT molecular complexity index is 1360. The van der Waals surface area contributed by atoms with Crippen LogP contribution in [0.15, 0.2) is 63.9 Å². The zero-order chi connectivity index (χ0) is 23.0. The molecule has 2 aliphatic heterocycles. The van der Waals surface area contributed by atoms with Crippen LogP contribution in [-0.4, -0.2) is 74.3 Å². The third-order valence-electron chi connectivity index (χ3n) is 5.99. The number of fused-ring (bicyclic) bond motifs is 2. The van der Waals surface area contributed by atoms with E-state index < -0.39 is 10.0 Å². The Hall–Kier alpha value is -3.30. The summed E-state index contributed by atoms with van der Waals surface area (Å²) in [6.07, 6.45) is 0. The van der Waals surface area contributed by atoms with Crippen LogP contribution >= 0.6 is 0 Å². The van der Waals surface area contributed by atoms with Crippen LogP contribution in [-0.2, 0) is 14.8 Å². The summed E-state index contributed by atoms with van der Waals surface area (Å²) in [5.74, 6) is 0.175. The summed E-state index contributed by atoms with van der Waals surface area (Å²) in [5.41, 5.74) is 2.75. The number of para-hydroxylation sites is 1. The minimum atomic E-state index is -3.62. The van der Waals surface area contributed by atoms with Crippen molar-refractivity contribution in [3.05, 3.63) is 71.4 Å². The van der Waals surface area contributed by atoms with E-state index in [0.717, 1.165) is 29.7 Å². The van der Waals surface area contributed by atoms with Gasteiger partial charge in [0.15, 0.2) is 5.84 Å². The summed E-state index contributed by atoms with van der Waals surface area (Å²) in [6, 6.07) is 16.2. The number of hydrogen-bond acceptors (Lipinski definition) is 7. The third kappa shape index (κ3) is 4.21. The molecule has 0 N–H and O–H groups in total. The Morgan fingerprint density at radius 1 is 1.03 bits per heavy atom. The monoisotopic (exact) mass is 464 g/mol. The van der Waals surface area contributed by atoms with Crippen molar-refractivity contribution in [3.8, 4) is 0 Å². The number of nitrogens with zero attached hydrogens (tertiary/aromatic N) is 4. The fraction of sp³-hybridized carbons (Fsp3) is 0.292. The Balaban J connectivity index is 1.17. The summed E-state index contributed by atoms with van der Waals surface area (Å²) in [5, 5.41) is 0.786. The molecule has 3 heterocycles. The minimum absolute atomic E-state index is 0.271. The van der Waals surface area contributed by atoms with Gasteiger partial charge in [0.1, 0.15) is 11.5 Å². The van der Waals surface area contributed by atoms with E-state index in [1.165, 1.54) is 0 Å². The average Bonchev–Trinajstić information content (AvgIpc) is 3.10. The van der Waals surface area contributed by atoms with Crippen LogP contribution in [0.3, 0.4) is 0 Å². The number of carbonyl (C=O) groups excluding carboxylic acids is 1. The average molecular weight is 465 g/mol. The molecular weight excluding hydrogens is 440 g/mol. The molecule has 2 aromatic carbocycles. The Labute approximate surface area is 192 Å². The lowest BCUT2D eigenvalue weighted by molar-refractivity contribution is 0.0444. The maximum absolute atomic E-state index is 12.7. The zero-order valence-corrected chi connectivity index (χ0v) is 19.1. The fourth-order valence-electron chi connectivity index (χ4n) is 4.32. The van der Waals surface area contributed by atoms with E-state index in [1.807, 2.05) is 42.2 Å². The summed E-state index contributed by atoms with van der Waals surface area (Å²) >= 11 is 0. The highest BCUT2D eigenvalue weighted by Crippen LogP contribution is 2.28. The number of pyridine rings is 1. The van der Waals surface area contributed by atoms with Crippen molar-refractivity contribution in [2.45, 2.75) is 11.8 Å². The molecule has 0 saturated carbocycles. The predicted octanol–water partition coefficient (Wildman–Crippen LogP) is 2.47. The first kappa shape index (κ1) is 21.5. The number of carbonyl (C=O) groups is 1. The van der Waals surface area contributed by atoms with Gasteiger partial charge in [-0.15, -0.1) is 4.40 Å². The quantitative estimate of drug-likeness (QED) is 0.548. The van der Waals surface area contributed by atoms with Gasteiger partial charge in [0.25, 0.3) is 10.0 Å². The molecule has 8 nitrogen and oxygen atoms in total. The van der Waals surface area contributed by atoms with Crippen LogP contribution in [0.2, 0.25) is 0 Å². The number of benzene rings is 2. The van der Waals surface area contributed by atoms with Crippen molar-refractivity contribution >= 4 is 32.7 Å². The van der Waals surface area contributed by atoms with Crippen molar-refractivity contribution in [2.75, 3.05) is 39.3 Å². The minimum Gasteiger partial charge on any atom is -0.461 e. The van der Waals surface area contributed by atoms with Crippen LogP contribution in [0.5, 0.6) is 0 Å². The van der Waals surface area contributed by atoms with E-state index in [4.69, 9.17) is 4.74 Å². The van der Waals surface area contributed by atoms with E-state index in [2.05, 4.69) is 14.3 Å². The van der Waals surface area contributed by atoms with Crippen LogP contribution in [0.1, 0.15) is 21.6 Å². The van der Waals surface area contributed by atoms with Gasteiger partial charge in [-0.05, 0) is 31.2 Å². The van der Waals surface area contributed by atoms with Gasteiger partial charge < -0.3 is 9.64 Å². The van der Waals surface area contributed by atoms with Gasteiger partial charge in [-0.1, -0.05) is 30.3 Å². The standard InChI is InChI=1S/C24H24N4O4S/c1-17-16-20(18-6-2-4-8-21(18)25-17)24(29)32-15-14-27-10-12-28(13-11-27)23-19-7-3-5-9-22(19)33(30,31)26-23/h2-9,16H,10-15H2,1H3. The first-order valence-corrected chi connectivity index (χ1v) is 12.3. The number of ether oxygens (including phenoxy) is 1. The molecule has 1 fully saturated rings. The van der Waals surface area contributed by atoms with Crippen molar-refractivity contribution < 1.29 is 17.9 Å². The molecule has 0 unspecified atom stereocenters. The summed E-state index contributed by atoms with van der Waals surface area (Å²) < 4.78 is 34.2. The third-order valence-corrected chi connectivity index (χ3v) is 7.31. The highest BCUT2D eigenvalue weighted by atomic mass is 32.2. The first-order chi connectivity index (χ1) is 15.9. The van der Waals surface area contributed by atoms with Crippen molar-refractivity contribution in [1.29, 1.82) is 0 Å². The SMILES string of the molecule is Cc1cc(C(=O)OCCN2CCN(C3=NS(=O)(=O)c4ccccc43)CC2)c2ccccc2n1. The number of esters is 1. The van der Waals surface area contributed by atoms with Crippen molar-refractivity contribution in [2.24, 2.45) is 4.40 Å². The predicted molar refractivity (Wildman–Crippen MR) is 125 cm³/mol. The lowest BCUT2D eigenvalue weighted by Gasteiger charge is -2.35. The summed E-state index contributed by atoms with van der Waals surface area (Å²) in [6.45, 7) is 5.54. The molecule has 0 radical (unpaired) electrons. The van der Waals surface area contributed by atoms with Crippen molar-refractivity contribution in [3.63, 3.8) is 0 Å². The van der Waals surface area contributed by atoms with Gasteiger partial charge in [0, 0.05) is 49.4 Å². The second kappa shape index (κ2) is 8.57. The first-order valence-electron chi connectivity index (χ1n) is 10.9. The Morgan fingerprint density at radius 2 is 1.76 bits per heavy atom. The Kier molecular flexibility index (Phi) is 5.59. The largest absolute Gasteiger partial charge is 0.461 e. The van der Waals surface area contributed by atoms with E-state index in [9.17, 15) is 13.2 Å². The van der Waals surface area contributed by atoms with Crippen LogP contribution in [0.25, 0.3) is 10.9 Å². The molecule has 1 saturated heterocycles. The fourth-order valence-corrected chi connectivity index (χ4v) is 5.55. The van der Waals surface area contributed by atoms with E-state index >= 15 is 0 Å². The van der Waals surface area contributed by atoms with Crippen LogP contribution in [0, 0.1) is 6.92 Å². The molecule has 1 aromatic heterocycles. The molecule has 0 amide bonds. The number of sulfonamides is 1. The summed E-state index contributed by atoms with van der Waals surface area (Å²) in [4.78, 5) is 21.7. The lowest BCUT2D eigenvalue weighted by atomic mass is 10.1. The maximum atomic E-state index is 12.7. The molecule has 0 atom stereocenters. The van der Waals surface area contributed by atoms with Crippen molar-refractivity contribution in [1.82, 2.24) is 14.8 Å². The molecule has 0 bridgehead atoms. The molecule has 2 aliphatic rings. The van der Waals surface area contributed by atoms with Gasteiger partial charge in [-0.2, -0.15) is 8.42 Å². The van der Waals surface area contributed by atoms with Gasteiger partial charge in [-0.25, -0.2) is 4.79 Å². The number of hydrogen-bond donors (Lipinski definition) is 0. The number of amidine groups is 1. The summed E-state index contributed by atoms with van der Waals surface area (Å²) in [7, 11) is -3.62. The number of aryl methyl sites for hydroxylation is 1. The lowest BCUT2D eigenvalue weighted by Crippen LogP contribution is -2.49. The highest BCUT2D eigenvalue weighted by molar-refractivity contribution is 7.90. The smallest absolute Gasteiger partial charge is 0.338 e. The van der Waals surface area contributed by atoms with Gasteiger partial charge in [0.2, 0.25) is 0 Å². The normalized spacial score (nSPS) is 17.6. The van der Waals surface area contributed by atoms with E-state index in [1.54, 1.807) is 24.3 Å². The number of piperazine rings is 1. The molecule has 0 aliphatic carbocycles. The number of rotatable bonds is 4. The van der Waals surface area contributed by atoms with Crippen LogP contribution in [0.4, 0.5) is 0 Å². The molecule has 33 heavy (non-hydrogen) atoms. The second-order valence-electron chi connectivity index (χ2n) is 8.18. The second-order valence-corrected chi connectivity index (χ2v) is 9.75. The highest BCUT2D eigenvalue weighted by Gasteiger charge is 2.32. The maximum Gasteiger partial charge on any atom is 0.338 e. The van der Waals surface area contributed by atoms with Gasteiger partial charge in [-0.3, -0.25) is 9.88 Å². The molecule has 9 heteroatoms. The zero-order valence-electron chi connectivity index (χ0n) is 18.3. The molecule has 3 aromatic rings. The molecular formula is C24H24N4O4S. The van der Waals surface area contributed by atoms with Crippen LogP contribution < -0.4 is 0 Å². The van der Waals surface area contributed by atoms with E-state index in [0.29, 0.717) is 36.6 Å². The number of aromatic nitrogens is 1. The van der Waals surface area contributed by atoms with Gasteiger partial charge in [0.05, 0.1) is 11.1 Å². The molecule has 0 spiro atoms. The van der Waals surface area contributed by atoms with E-state index in [-0.39, 0.29) is 17.5 Å². The molecule has 170 valence electrons. The topological polar surface area (TPSA) is 92.2 Å². The van der Waals surface area contributed by atoms with Gasteiger partial charge >= 0.3 is 5.97 Å².